The van der Waals surface area contributed by atoms with E-state index in [1.165, 1.54) is 18.1 Å². The molecule has 0 aromatic carbocycles. The second-order valence-electron chi connectivity index (χ2n) is 4.58. The van der Waals surface area contributed by atoms with Gasteiger partial charge in [-0.15, -0.1) is 5.10 Å². The molecule has 1 saturated heterocycles. The standard InChI is InChI=1S/C12H15N7O2/c1-21-12(20)9-10(13)19(8-2-3-14-6-16-8)18-11(9)17-7-4-15-5-7/h2-3,6-7,15H,4-5,13H2,1H3,(H,17,18). The second kappa shape index (κ2) is 5.37. The number of methoxy groups -OCH3 is 1. The molecule has 0 atom stereocenters. The summed E-state index contributed by atoms with van der Waals surface area (Å²) >= 11 is 0. The Hall–Kier alpha value is -2.68. The van der Waals surface area contributed by atoms with Crippen molar-refractivity contribution in [2.75, 3.05) is 31.2 Å². The van der Waals surface area contributed by atoms with E-state index >= 15 is 0 Å². The Labute approximate surface area is 120 Å². The van der Waals surface area contributed by atoms with E-state index < -0.39 is 5.97 Å². The maximum absolute atomic E-state index is 11.9. The van der Waals surface area contributed by atoms with Crippen LogP contribution in [-0.4, -0.2) is 52.0 Å². The van der Waals surface area contributed by atoms with Crippen molar-refractivity contribution in [3.8, 4) is 5.82 Å². The van der Waals surface area contributed by atoms with Gasteiger partial charge in [-0.2, -0.15) is 4.68 Å². The molecule has 9 heteroatoms. The van der Waals surface area contributed by atoms with Gasteiger partial charge in [0.25, 0.3) is 0 Å². The van der Waals surface area contributed by atoms with Crippen LogP contribution in [0.3, 0.4) is 0 Å². The van der Waals surface area contributed by atoms with Crippen LogP contribution in [-0.2, 0) is 4.74 Å². The predicted molar refractivity (Wildman–Crippen MR) is 75.2 cm³/mol. The smallest absolute Gasteiger partial charge is 0.345 e. The lowest BCUT2D eigenvalue weighted by Gasteiger charge is -2.28. The fourth-order valence-corrected chi connectivity index (χ4v) is 2.00. The highest BCUT2D eigenvalue weighted by Crippen LogP contribution is 2.25. The van der Waals surface area contributed by atoms with Gasteiger partial charge in [0.1, 0.15) is 17.7 Å². The molecule has 1 fully saturated rings. The zero-order chi connectivity index (χ0) is 14.8. The van der Waals surface area contributed by atoms with E-state index in [4.69, 9.17) is 10.5 Å². The molecule has 0 unspecified atom stereocenters. The Morgan fingerprint density at radius 2 is 2.38 bits per heavy atom. The number of hydrogen-bond acceptors (Lipinski definition) is 8. The number of carbonyl (C=O) groups excluding carboxylic acids is 1. The molecule has 3 heterocycles. The number of esters is 1. The highest BCUT2D eigenvalue weighted by molar-refractivity contribution is 6.00. The number of nitrogens with two attached hydrogens (primary N) is 1. The van der Waals surface area contributed by atoms with Gasteiger partial charge in [0.05, 0.1) is 13.2 Å². The Bertz CT molecular complexity index is 651. The molecule has 4 N–H and O–H groups in total. The third-order valence-electron chi connectivity index (χ3n) is 3.22. The number of aromatic nitrogens is 4. The van der Waals surface area contributed by atoms with Crippen LogP contribution in [0, 0.1) is 0 Å². The minimum Gasteiger partial charge on any atom is -0.465 e. The molecule has 1 aliphatic rings. The summed E-state index contributed by atoms with van der Waals surface area (Å²) in [6.45, 7) is 1.61. The van der Waals surface area contributed by atoms with E-state index in [2.05, 4.69) is 25.7 Å². The van der Waals surface area contributed by atoms with Crippen molar-refractivity contribution in [2.45, 2.75) is 6.04 Å². The molecule has 110 valence electrons. The van der Waals surface area contributed by atoms with E-state index in [1.807, 2.05) is 0 Å². The van der Waals surface area contributed by atoms with Gasteiger partial charge in [0.2, 0.25) is 0 Å². The van der Waals surface area contributed by atoms with Gasteiger partial charge in [-0.3, -0.25) is 0 Å². The van der Waals surface area contributed by atoms with Gasteiger partial charge < -0.3 is 21.1 Å². The van der Waals surface area contributed by atoms with Gasteiger partial charge in [0.15, 0.2) is 11.6 Å². The molecular weight excluding hydrogens is 274 g/mol. The van der Waals surface area contributed by atoms with Crippen molar-refractivity contribution in [2.24, 2.45) is 0 Å². The van der Waals surface area contributed by atoms with Gasteiger partial charge in [0, 0.05) is 25.4 Å². The molecule has 2 aromatic heterocycles. The zero-order valence-electron chi connectivity index (χ0n) is 11.4. The number of nitrogens with one attached hydrogen (secondary N) is 2. The summed E-state index contributed by atoms with van der Waals surface area (Å²) < 4.78 is 6.17. The van der Waals surface area contributed by atoms with Crippen molar-refractivity contribution in [3.63, 3.8) is 0 Å². The first-order valence-corrected chi connectivity index (χ1v) is 6.41. The molecule has 21 heavy (non-hydrogen) atoms. The number of nitrogens with zero attached hydrogens (tertiary/aromatic N) is 4. The number of rotatable bonds is 4. The van der Waals surface area contributed by atoms with Gasteiger partial charge in [-0.25, -0.2) is 14.8 Å². The maximum Gasteiger partial charge on any atom is 0.345 e. The minimum absolute atomic E-state index is 0.176. The highest BCUT2D eigenvalue weighted by Gasteiger charge is 2.27. The number of nitrogen functional groups attached to an aromatic ring is 1. The Morgan fingerprint density at radius 1 is 1.57 bits per heavy atom. The van der Waals surface area contributed by atoms with Crippen molar-refractivity contribution in [1.29, 1.82) is 0 Å². The summed E-state index contributed by atoms with van der Waals surface area (Å²) in [5.74, 6) is 0.509. The zero-order valence-corrected chi connectivity index (χ0v) is 11.4. The Kier molecular flexibility index (Phi) is 3.40. The number of hydrogen-bond donors (Lipinski definition) is 3. The molecule has 9 nitrogen and oxygen atoms in total. The molecular formula is C12H15N7O2. The van der Waals surface area contributed by atoms with Crippen LogP contribution in [0.4, 0.5) is 11.6 Å². The van der Waals surface area contributed by atoms with Crippen LogP contribution in [0.15, 0.2) is 18.6 Å². The van der Waals surface area contributed by atoms with E-state index in [0.717, 1.165) is 13.1 Å². The van der Waals surface area contributed by atoms with Crippen LogP contribution in [0.25, 0.3) is 5.82 Å². The Balaban J connectivity index is 2.03. The molecule has 0 saturated carbocycles. The molecule has 3 rings (SSSR count). The lowest BCUT2D eigenvalue weighted by molar-refractivity contribution is 0.0603. The minimum atomic E-state index is -0.539. The fraction of sp³-hybridized carbons (Fsp3) is 0.333. The lowest BCUT2D eigenvalue weighted by atomic mass is 10.2. The summed E-state index contributed by atoms with van der Waals surface area (Å²) in [6, 6.07) is 1.86. The van der Waals surface area contributed by atoms with Crippen LogP contribution < -0.4 is 16.4 Å². The monoisotopic (exact) mass is 289 g/mol. The molecule has 1 aliphatic heterocycles. The number of ether oxygens (including phenoxy) is 1. The van der Waals surface area contributed by atoms with E-state index in [-0.39, 0.29) is 17.4 Å². The average molecular weight is 289 g/mol. The molecule has 0 amide bonds. The van der Waals surface area contributed by atoms with Gasteiger partial charge >= 0.3 is 5.97 Å². The molecule has 0 spiro atoms. The van der Waals surface area contributed by atoms with Gasteiger partial charge in [-0.1, -0.05) is 0 Å². The van der Waals surface area contributed by atoms with Crippen LogP contribution in [0.1, 0.15) is 10.4 Å². The first-order valence-electron chi connectivity index (χ1n) is 6.41. The van der Waals surface area contributed by atoms with Crippen molar-refractivity contribution in [1.82, 2.24) is 25.1 Å². The van der Waals surface area contributed by atoms with Crippen molar-refractivity contribution < 1.29 is 9.53 Å². The van der Waals surface area contributed by atoms with Crippen LogP contribution in [0.5, 0.6) is 0 Å². The largest absolute Gasteiger partial charge is 0.465 e. The predicted octanol–water partition coefficient (Wildman–Crippen LogP) is -0.585. The summed E-state index contributed by atoms with van der Waals surface area (Å²) in [7, 11) is 1.30. The molecule has 0 bridgehead atoms. The summed E-state index contributed by atoms with van der Waals surface area (Å²) in [5.41, 5.74) is 6.24. The first-order chi connectivity index (χ1) is 10.2. The first kappa shape index (κ1) is 13.3. The number of anilines is 2. The van der Waals surface area contributed by atoms with Crippen LogP contribution in [0.2, 0.25) is 0 Å². The second-order valence-corrected chi connectivity index (χ2v) is 4.58. The summed E-state index contributed by atoms with van der Waals surface area (Å²) in [6.07, 6.45) is 2.96. The summed E-state index contributed by atoms with van der Waals surface area (Å²) in [4.78, 5) is 19.9. The molecule has 0 aliphatic carbocycles. The molecule has 0 radical (unpaired) electrons. The average Bonchev–Trinajstić information content (AvgIpc) is 2.80. The number of carbonyl (C=O) groups is 1. The van der Waals surface area contributed by atoms with Crippen molar-refractivity contribution >= 4 is 17.6 Å². The topological polar surface area (TPSA) is 120 Å². The summed E-state index contributed by atoms with van der Waals surface area (Å²) in [5, 5.41) is 10.6. The normalized spacial score (nSPS) is 14.5. The lowest BCUT2D eigenvalue weighted by Crippen LogP contribution is -2.51. The third-order valence-corrected chi connectivity index (χ3v) is 3.22. The van der Waals surface area contributed by atoms with E-state index in [0.29, 0.717) is 11.6 Å². The molecule has 2 aromatic rings. The fourth-order valence-electron chi connectivity index (χ4n) is 2.00. The van der Waals surface area contributed by atoms with Gasteiger partial charge in [-0.05, 0) is 0 Å². The van der Waals surface area contributed by atoms with E-state index in [9.17, 15) is 4.79 Å². The Morgan fingerprint density at radius 3 is 2.95 bits per heavy atom. The van der Waals surface area contributed by atoms with Crippen molar-refractivity contribution in [3.05, 3.63) is 24.2 Å². The third kappa shape index (κ3) is 2.38. The van der Waals surface area contributed by atoms with Crippen LogP contribution >= 0.6 is 0 Å². The quantitative estimate of drug-likeness (QED) is 0.639. The highest BCUT2D eigenvalue weighted by atomic mass is 16.5. The SMILES string of the molecule is COC(=O)c1c(NC2CNC2)nn(-c2ccncn2)c1N. The van der Waals surface area contributed by atoms with E-state index in [1.54, 1.807) is 12.3 Å². The maximum atomic E-state index is 11.9.